The molecular formula is C30H32ClN3O3. The summed E-state index contributed by atoms with van der Waals surface area (Å²) in [5, 5.41) is 0.925. The summed E-state index contributed by atoms with van der Waals surface area (Å²) in [5.74, 6) is 1.04. The van der Waals surface area contributed by atoms with E-state index >= 15 is 0 Å². The molecule has 1 unspecified atom stereocenters. The van der Waals surface area contributed by atoms with Gasteiger partial charge in [-0.2, -0.15) is 0 Å². The third-order valence-electron chi connectivity index (χ3n) is 6.56. The molecule has 192 valence electrons. The molecule has 1 atom stereocenters. The number of fused-ring (bicyclic) bond motifs is 1. The van der Waals surface area contributed by atoms with Gasteiger partial charge in [-0.05, 0) is 61.4 Å². The van der Waals surface area contributed by atoms with Gasteiger partial charge >= 0.3 is 0 Å². The van der Waals surface area contributed by atoms with Crippen LogP contribution in [0.3, 0.4) is 0 Å². The number of carbonyl (C=O) groups is 1. The number of amides is 1. The first kappa shape index (κ1) is 26.4. The lowest BCUT2D eigenvalue weighted by molar-refractivity contribution is 0.0655. The summed E-state index contributed by atoms with van der Waals surface area (Å²) in [4.78, 5) is 34.6. The van der Waals surface area contributed by atoms with E-state index in [-0.39, 0.29) is 11.5 Å². The van der Waals surface area contributed by atoms with Gasteiger partial charge in [0.25, 0.3) is 11.5 Å². The summed E-state index contributed by atoms with van der Waals surface area (Å²) in [7, 11) is 1.60. The average Bonchev–Trinajstić information content (AvgIpc) is 2.93. The van der Waals surface area contributed by atoms with Gasteiger partial charge in [-0.15, -0.1) is 0 Å². The smallest absolute Gasteiger partial charge is 0.266 e. The number of carbonyl (C=O) groups excluding carboxylic acids is 1. The molecule has 7 heteroatoms. The lowest BCUT2D eigenvalue weighted by Crippen LogP contribution is -2.39. The van der Waals surface area contributed by atoms with Crippen molar-refractivity contribution in [2.75, 3.05) is 13.7 Å². The van der Waals surface area contributed by atoms with Gasteiger partial charge in [-0.3, -0.25) is 14.2 Å². The van der Waals surface area contributed by atoms with Crippen molar-refractivity contribution in [1.29, 1.82) is 0 Å². The molecule has 4 rings (SSSR count). The van der Waals surface area contributed by atoms with Gasteiger partial charge in [0.05, 0.1) is 40.3 Å². The highest BCUT2D eigenvalue weighted by atomic mass is 35.5. The highest BCUT2D eigenvalue weighted by molar-refractivity contribution is 6.33. The van der Waals surface area contributed by atoms with E-state index in [0.29, 0.717) is 51.7 Å². The van der Waals surface area contributed by atoms with Crippen LogP contribution in [0.4, 0.5) is 0 Å². The van der Waals surface area contributed by atoms with Gasteiger partial charge in [-0.1, -0.05) is 62.6 Å². The number of hydrogen-bond acceptors (Lipinski definition) is 4. The van der Waals surface area contributed by atoms with E-state index in [1.165, 1.54) is 0 Å². The normalized spacial score (nSPS) is 11.9. The van der Waals surface area contributed by atoms with Gasteiger partial charge in [-0.25, -0.2) is 4.98 Å². The zero-order valence-corrected chi connectivity index (χ0v) is 22.2. The second-order valence-corrected chi connectivity index (χ2v) is 9.34. The number of halogens is 1. The Bertz CT molecular complexity index is 1430. The minimum Gasteiger partial charge on any atom is -0.497 e. The molecule has 0 aliphatic rings. The summed E-state index contributed by atoms with van der Waals surface area (Å²) in [5.41, 5.74) is 1.53. The number of para-hydroxylation sites is 1. The fraction of sp³-hybridized carbons (Fsp3) is 0.300. The molecule has 4 aromatic rings. The van der Waals surface area contributed by atoms with Crippen molar-refractivity contribution >= 4 is 28.4 Å². The summed E-state index contributed by atoms with van der Waals surface area (Å²) >= 11 is 6.45. The number of ether oxygens (including phenoxy) is 1. The first-order valence-corrected chi connectivity index (χ1v) is 13.1. The standard InChI is InChI=1S/C30H32ClN3O3/c1-4-6-11-20-33(29(35)23-12-7-9-14-25(23)31)27(5-2)28-32-26-15-10-8-13-24(26)30(36)34(28)21-16-18-22(37-3)19-17-21/h7-10,12-19,27H,4-6,11,20H2,1-3H3. The third kappa shape index (κ3) is 5.54. The molecular weight excluding hydrogens is 486 g/mol. The van der Waals surface area contributed by atoms with Gasteiger partial charge in [0.1, 0.15) is 11.6 Å². The monoisotopic (exact) mass is 517 g/mol. The van der Waals surface area contributed by atoms with Crippen LogP contribution in [0.15, 0.2) is 77.6 Å². The first-order chi connectivity index (χ1) is 18.0. The lowest BCUT2D eigenvalue weighted by atomic mass is 10.1. The number of methoxy groups -OCH3 is 1. The topological polar surface area (TPSA) is 64.4 Å². The maximum atomic E-state index is 13.9. The highest BCUT2D eigenvalue weighted by Gasteiger charge is 2.30. The van der Waals surface area contributed by atoms with Crippen molar-refractivity contribution < 1.29 is 9.53 Å². The Morgan fingerprint density at radius 3 is 2.38 bits per heavy atom. The van der Waals surface area contributed by atoms with Crippen LogP contribution in [0.2, 0.25) is 5.02 Å². The van der Waals surface area contributed by atoms with Crippen LogP contribution in [-0.2, 0) is 0 Å². The summed E-state index contributed by atoms with van der Waals surface area (Å²) < 4.78 is 6.95. The molecule has 0 aliphatic heterocycles. The summed E-state index contributed by atoms with van der Waals surface area (Å²) in [6, 6.07) is 21.3. The average molecular weight is 518 g/mol. The van der Waals surface area contributed by atoms with Crippen molar-refractivity contribution in [3.63, 3.8) is 0 Å². The van der Waals surface area contributed by atoms with E-state index < -0.39 is 6.04 Å². The lowest BCUT2D eigenvalue weighted by Gasteiger charge is -2.33. The zero-order valence-electron chi connectivity index (χ0n) is 21.5. The molecule has 0 spiro atoms. The number of unbranched alkanes of at least 4 members (excludes halogenated alkanes) is 2. The third-order valence-corrected chi connectivity index (χ3v) is 6.89. The van der Waals surface area contributed by atoms with E-state index in [2.05, 4.69) is 6.92 Å². The maximum absolute atomic E-state index is 13.9. The predicted molar refractivity (Wildman–Crippen MR) is 149 cm³/mol. The largest absolute Gasteiger partial charge is 0.497 e. The number of rotatable bonds is 10. The Hall–Kier alpha value is -3.64. The van der Waals surface area contributed by atoms with Crippen molar-refractivity contribution in [2.24, 2.45) is 0 Å². The Labute approximate surface area is 222 Å². The molecule has 1 amide bonds. The fourth-order valence-electron chi connectivity index (χ4n) is 4.62. The SMILES string of the molecule is CCCCCN(C(=O)c1ccccc1Cl)C(CC)c1nc2ccccc2c(=O)n1-c1ccc(OC)cc1. The van der Waals surface area contributed by atoms with E-state index in [1.807, 2.05) is 66.4 Å². The molecule has 0 fully saturated rings. The van der Waals surface area contributed by atoms with Crippen molar-refractivity contribution in [2.45, 2.75) is 45.6 Å². The molecule has 0 saturated heterocycles. The molecule has 6 nitrogen and oxygen atoms in total. The highest BCUT2D eigenvalue weighted by Crippen LogP contribution is 2.30. The molecule has 1 aromatic heterocycles. The molecule has 1 heterocycles. The van der Waals surface area contributed by atoms with Gasteiger partial charge in [0.15, 0.2) is 0 Å². The number of aromatic nitrogens is 2. The second kappa shape index (κ2) is 12.1. The van der Waals surface area contributed by atoms with Gasteiger partial charge < -0.3 is 9.64 Å². The molecule has 0 saturated carbocycles. The van der Waals surface area contributed by atoms with Crippen LogP contribution in [0.1, 0.15) is 61.8 Å². The van der Waals surface area contributed by atoms with Gasteiger partial charge in [0.2, 0.25) is 0 Å². The van der Waals surface area contributed by atoms with Crippen LogP contribution in [0.5, 0.6) is 5.75 Å². The predicted octanol–water partition coefficient (Wildman–Crippen LogP) is 6.83. The van der Waals surface area contributed by atoms with Crippen molar-refractivity contribution in [1.82, 2.24) is 14.5 Å². The van der Waals surface area contributed by atoms with Crippen molar-refractivity contribution in [3.8, 4) is 11.4 Å². The number of nitrogens with zero attached hydrogens (tertiary/aromatic N) is 3. The molecule has 0 bridgehead atoms. The maximum Gasteiger partial charge on any atom is 0.266 e. The van der Waals surface area contributed by atoms with Crippen LogP contribution >= 0.6 is 11.6 Å². The summed E-state index contributed by atoms with van der Waals surface area (Å²) in [6.07, 6.45) is 3.42. The fourth-order valence-corrected chi connectivity index (χ4v) is 4.83. The molecule has 0 N–H and O–H groups in total. The van der Waals surface area contributed by atoms with E-state index in [9.17, 15) is 9.59 Å². The van der Waals surface area contributed by atoms with Crippen LogP contribution in [0, 0.1) is 0 Å². The molecule has 0 aliphatic carbocycles. The van der Waals surface area contributed by atoms with E-state index in [1.54, 1.807) is 29.9 Å². The Morgan fingerprint density at radius 1 is 1.00 bits per heavy atom. The van der Waals surface area contributed by atoms with Gasteiger partial charge in [0, 0.05) is 6.54 Å². The van der Waals surface area contributed by atoms with Crippen LogP contribution in [0.25, 0.3) is 16.6 Å². The molecule has 37 heavy (non-hydrogen) atoms. The van der Waals surface area contributed by atoms with E-state index in [4.69, 9.17) is 21.3 Å². The minimum absolute atomic E-state index is 0.169. The first-order valence-electron chi connectivity index (χ1n) is 12.7. The van der Waals surface area contributed by atoms with Crippen molar-refractivity contribution in [3.05, 3.63) is 99.6 Å². The molecule has 0 radical (unpaired) electrons. The molecule has 3 aromatic carbocycles. The van der Waals surface area contributed by atoms with E-state index in [0.717, 1.165) is 19.3 Å². The zero-order chi connectivity index (χ0) is 26.4. The minimum atomic E-state index is -0.444. The number of benzene rings is 3. The Balaban J connectivity index is 1.92. The Kier molecular flexibility index (Phi) is 8.62. The van der Waals surface area contributed by atoms with Crippen LogP contribution in [-0.4, -0.2) is 34.0 Å². The Morgan fingerprint density at radius 2 is 1.70 bits per heavy atom. The van der Waals surface area contributed by atoms with Crippen LogP contribution < -0.4 is 10.3 Å². The quantitative estimate of drug-likeness (QED) is 0.216. The summed E-state index contributed by atoms with van der Waals surface area (Å²) in [6.45, 7) is 4.67. The second-order valence-electron chi connectivity index (χ2n) is 8.94. The number of hydrogen-bond donors (Lipinski definition) is 0.